The Morgan fingerprint density at radius 3 is 2.26 bits per heavy atom. The first-order valence-corrected chi connectivity index (χ1v) is 11.8. The minimum atomic E-state index is -0.354. The zero-order valence-corrected chi connectivity index (χ0v) is 20.4. The molecule has 1 atom stereocenters. The van der Waals surface area contributed by atoms with Crippen molar-refractivity contribution in [2.45, 2.75) is 12.8 Å². The smallest absolute Gasteiger partial charge is 0.262 e. The third-order valence-corrected chi connectivity index (χ3v) is 6.34. The third kappa shape index (κ3) is 4.81. The van der Waals surface area contributed by atoms with Crippen molar-refractivity contribution >= 4 is 34.6 Å². The number of rotatable bonds is 6. The number of benzene rings is 4. The normalized spacial score (nSPS) is 14.8. The van der Waals surface area contributed by atoms with E-state index in [2.05, 4.69) is 5.32 Å². The average Bonchev–Trinajstić information content (AvgIpc) is 2.89. The van der Waals surface area contributed by atoms with E-state index in [0.29, 0.717) is 17.2 Å². The average molecular weight is 484 g/mol. The predicted octanol–water partition coefficient (Wildman–Crippen LogP) is 6.76. The summed E-state index contributed by atoms with van der Waals surface area (Å²) in [6.45, 7) is 0.453. The van der Waals surface area contributed by atoms with E-state index >= 15 is 0 Å². The van der Waals surface area contributed by atoms with E-state index in [1.165, 1.54) is 0 Å². The first-order valence-electron chi connectivity index (χ1n) is 11.4. The molecule has 0 saturated carbocycles. The Bertz CT molecular complexity index is 1320. The van der Waals surface area contributed by atoms with Gasteiger partial charge in [0.05, 0.1) is 5.56 Å². The molecule has 4 aromatic carbocycles. The van der Waals surface area contributed by atoms with Gasteiger partial charge in [0.2, 0.25) is 0 Å². The summed E-state index contributed by atoms with van der Waals surface area (Å²) in [6.07, 6.45) is -0.354. The van der Waals surface area contributed by atoms with Gasteiger partial charge in [0.15, 0.2) is 0 Å². The van der Waals surface area contributed by atoms with E-state index < -0.39 is 0 Å². The highest BCUT2D eigenvalue weighted by molar-refractivity contribution is 6.30. The van der Waals surface area contributed by atoms with Crippen molar-refractivity contribution in [3.8, 4) is 5.75 Å². The molecule has 1 aliphatic rings. The lowest BCUT2D eigenvalue weighted by Gasteiger charge is -2.38. The quantitative estimate of drug-likeness (QED) is 0.329. The molecule has 5 nitrogen and oxygen atoms in total. The summed E-state index contributed by atoms with van der Waals surface area (Å²) in [5, 5.41) is 4.26. The Hall–Kier alpha value is -3.96. The molecule has 1 aliphatic heterocycles. The number of para-hydroxylation sites is 1. The van der Waals surface area contributed by atoms with Gasteiger partial charge in [-0.15, -0.1) is 0 Å². The number of nitrogens with one attached hydrogen (secondary N) is 1. The molecule has 0 fully saturated rings. The Balaban J connectivity index is 1.42. The second-order valence-electron chi connectivity index (χ2n) is 8.66. The van der Waals surface area contributed by atoms with Crippen LogP contribution in [0.1, 0.15) is 27.7 Å². The van der Waals surface area contributed by atoms with E-state index in [9.17, 15) is 4.79 Å². The van der Waals surface area contributed by atoms with E-state index in [0.717, 1.165) is 33.9 Å². The first kappa shape index (κ1) is 22.8. The summed E-state index contributed by atoms with van der Waals surface area (Å²) < 4.78 is 5.95. The number of halogens is 1. The van der Waals surface area contributed by atoms with E-state index in [1.807, 2.05) is 121 Å². The fourth-order valence-corrected chi connectivity index (χ4v) is 4.28. The van der Waals surface area contributed by atoms with Gasteiger partial charge in [0, 0.05) is 36.2 Å². The fraction of sp³-hybridized carbons (Fsp3) is 0.138. The van der Waals surface area contributed by atoms with Crippen molar-refractivity contribution in [3.05, 3.63) is 119 Å². The number of anilines is 3. The van der Waals surface area contributed by atoms with Crippen molar-refractivity contribution in [2.24, 2.45) is 0 Å². The molecule has 4 aromatic rings. The van der Waals surface area contributed by atoms with Crippen LogP contribution in [0.3, 0.4) is 0 Å². The molecule has 1 amide bonds. The molecule has 0 aromatic heterocycles. The van der Waals surface area contributed by atoms with Crippen LogP contribution in [0.4, 0.5) is 17.1 Å². The number of hydrogen-bond acceptors (Lipinski definition) is 4. The highest BCUT2D eigenvalue weighted by atomic mass is 35.5. The predicted molar refractivity (Wildman–Crippen MR) is 143 cm³/mol. The standard InChI is InChI=1S/C29H26ClN3O2/c1-32(2)23-13-15-24(16-14-23)33-28(31-27-6-4-3-5-26(27)29(33)34)21-9-17-25(18-10-21)35-19-20-7-11-22(30)12-8-20/h3-18,28,31H,19H2,1-2H3/t28-/m1/s1. The molecule has 0 saturated heterocycles. The molecular formula is C29H26ClN3O2. The zero-order chi connectivity index (χ0) is 24.4. The van der Waals surface area contributed by atoms with Crippen molar-refractivity contribution in [2.75, 3.05) is 29.2 Å². The van der Waals surface area contributed by atoms with Crippen molar-refractivity contribution in [3.63, 3.8) is 0 Å². The van der Waals surface area contributed by atoms with Gasteiger partial charge in [-0.2, -0.15) is 0 Å². The maximum absolute atomic E-state index is 13.6. The summed E-state index contributed by atoms with van der Waals surface area (Å²) >= 11 is 5.96. The molecule has 5 rings (SSSR count). The minimum Gasteiger partial charge on any atom is -0.489 e. The zero-order valence-electron chi connectivity index (χ0n) is 19.6. The van der Waals surface area contributed by atoms with Gasteiger partial charge in [-0.1, -0.05) is 48.0 Å². The van der Waals surface area contributed by atoms with Gasteiger partial charge >= 0.3 is 0 Å². The van der Waals surface area contributed by atoms with Gasteiger partial charge in [-0.25, -0.2) is 0 Å². The summed E-state index contributed by atoms with van der Waals surface area (Å²) in [4.78, 5) is 17.5. The molecule has 0 radical (unpaired) electrons. The van der Waals surface area contributed by atoms with Gasteiger partial charge < -0.3 is 15.0 Å². The molecule has 0 bridgehead atoms. The maximum atomic E-state index is 13.6. The van der Waals surface area contributed by atoms with Crippen molar-refractivity contribution < 1.29 is 9.53 Å². The highest BCUT2D eigenvalue weighted by Crippen LogP contribution is 2.37. The Morgan fingerprint density at radius 2 is 1.57 bits per heavy atom. The number of carbonyl (C=O) groups is 1. The first-order chi connectivity index (χ1) is 17.0. The van der Waals surface area contributed by atoms with Gasteiger partial charge in [0.25, 0.3) is 5.91 Å². The largest absolute Gasteiger partial charge is 0.489 e. The van der Waals surface area contributed by atoms with Crippen LogP contribution in [0, 0.1) is 0 Å². The Labute approximate surface area is 210 Å². The van der Waals surface area contributed by atoms with Crippen LogP contribution >= 0.6 is 11.6 Å². The Kier molecular flexibility index (Phi) is 6.34. The molecule has 6 heteroatoms. The van der Waals surface area contributed by atoms with E-state index in [1.54, 1.807) is 0 Å². The van der Waals surface area contributed by atoms with Crippen molar-refractivity contribution in [1.82, 2.24) is 0 Å². The minimum absolute atomic E-state index is 0.0370. The molecule has 0 unspecified atom stereocenters. The van der Waals surface area contributed by atoms with Crippen LogP contribution in [0.25, 0.3) is 0 Å². The molecule has 1 heterocycles. The van der Waals surface area contributed by atoms with E-state index in [-0.39, 0.29) is 12.1 Å². The molecular weight excluding hydrogens is 458 g/mol. The summed E-state index contributed by atoms with van der Waals surface area (Å²) in [7, 11) is 4.00. The van der Waals surface area contributed by atoms with Crippen LogP contribution in [0.5, 0.6) is 5.75 Å². The van der Waals surface area contributed by atoms with Gasteiger partial charge in [-0.05, 0) is 71.8 Å². The highest BCUT2D eigenvalue weighted by Gasteiger charge is 2.34. The van der Waals surface area contributed by atoms with Crippen LogP contribution in [0.2, 0.25) is 5.02 Å². The van der Waals surface area contributed by atoms with Gasteiger partial charge in [0.1, 0.15) is 18.5 Å². The molecule has 0 aliphatic carbocycles. The van der Waals surface area contributed by atoms with Crippen LogP contribution in [-0.4, -0.2) is 20.0 Å². The SMILES string of the molecule is CN(C)c1ccc(N2C(=O)c3ccccc3N[C@H]2c2ccc(OCc3ccc(Cl)cc3)cc2)cc1. The summed E-state index contributed by atoms with van der Waals surface area (Å²) in [6, 6.07) is 31.1. The van der Waals surface area contributed by atoms with Crippen LogP contribution in [0.15, 0.2) is 97.1 Å². The van der Waals surface area contributed by atoms with Crippen LogP contribution < -0.4 is 19.9 Å². The second-order valence-corrected chi connectivity index (χ2v) is 9.10. The van der Waals surface area contributed by atoms with E-state index in [4.69, 9.17) is 16.3 Å². The lowest BCUT2D eigenvalue weighted by atomic mass is 10.0. The third-order valence-electron chi connectivity index (χ3n) is 6.09. The maximum Gasteiger partial charge on any atom is 0.262 e. The van der Waals surface area contributed by atoms with Gasteiger partial charge in [-0.3, -0.25) is 9.69 Å². The lowest BCUT2D eigenvalue weighted by molar-refractivity contribution is 0.0975. The van der Waals surface area contributed by atoms with Crippen LogP contribution in [-0.2, 0) is 6.61 Å². The fourth-order valence-electron chi connectivity index (χ4n) is 4.16. The molecule has 35 heavy (non-hydrogen) atoms. The lowest BCUT2D eigenvalue weighted by Crippen LogP contribution is -2.43. The monoisotopic (exact) mass is 483 g/mol. The number of amides is 1. The topological polar surface area (TPSA) is 44.8 Å². The van der Waals surface area contributed by atoms with Crippen molar-refractivity contribution in [1.29, 1.82) is 0 Å². The number of hydrogen-bond donors (Lipinski definition) is 1. The number of ether oxygens (including phenoxy) is 1. The summed E-state index contributed by atoms with van der Waals surface area (Å²) in [5.41, 5.74) is 5.39. The second kappa shape index (κ2) is 9.72. The number of fused-ring (bicyclic) bond motifs is 1. The summed E-state index contributed by atoms with van der Waals surface area (Å²) in [5.74, 6) is 0.720. The molecule has 176 valence electrons. The Morgan fingerprint density at radius 1 is 0.886 bits per heavy atom. The molecule has 1 N–H and O–H groups in total. The number of carbonyl (C=O) groups excluding carboxylic acids is 1. The number of nitrogens with zero attached hydrogens (tertiary/aromatic N) is 2. The molecule has 0 spiro atoms.